The average molecular weight is 237 g/mol. The molecule has 1 rings (SSSR count). The first-order valence-corrected chi connectivity index (χ1v) is 7.34. The predicted molar refractivity (Wildman–Crippen MR) is 47.5 cm³/mol. The van der Waals surface area contributed by atoms with Crippen LogP contribution in [0.4, 0.5) is 0 Å². The molecule has 0 saturated carbocycles. The summed E-state index contributed by atoms with van der Waals surface area (Å²) in [4.78, 5) is 0. The number of hydrogen-bond donors (Lipinski definition) is 0. The minimum absolute atomic E-state index is 0.393. The van der Waals surface area contributed by atoms with Crippen molar-refractivity contribution in [3.63, 3.8) is 0 Å². The van der Waals surface area contributed by atoms with E-state index in [1.807, 2.05) is 0 Å². The summed E-state index contributed by atoms with van der Waals surface area (Å²) >= 11 is -0.393. The Morgan fingerprint density at radius 3 is 2.00 bits per heavy atom. The van der Waals surface area contributed by atoms with Gasteiger partial charge in [-0.25, -0.2) is 0 Å². The minimum atomic E-state index is -0.393. The zero-order valence-corrected chi connectivity index (χ0v) is 10.3. The van der Waals surface area contributed by atoms with Crippen molar-refractivity contribution in [1.29, 1.82) is 0 Å². The Morgan fingerprint density at radius 1 is 1.10 bits per heavy atom. The van der Waals surface area contributed by atoms with Crippen LogP contribution >= 0.6 is 0 Å². The van der Waals surface area contributed by atoms with E-state index in [2.05, 4.69) is 45.1 Å². The summed E-state index contributed by atoms with van der Waals surface area (Å²) < 4.78 is 1.54. The summed E-state index contributed by atoms with van der Waals surface area (Å²) in [6.07, 6.45) is 9.07. The Morgan fingerprint density at radius 2 is 1.60 bits per heavy atom. The van der Waals surface area contributed by atoms with Crippen LogP contribution < -0.4 is 0 Å². The molecule has 0 nitrogen and oxygen atoms in total. The third-order valence-corrected chi connectivity index (χ3v) is 6.69. The topological polar surface area (TPSA) is 0 Å². The van der Waals surface area contributed by atoms with E-state index in [0.29, 0.717) is 3.17 Å². The zero-order chi connectivity index (χ0) is 7.61. The fourth-order valence-electron chi connectivity index (χ4n) is 1.14. The van der Waals surface area contributed by atoms with Crippen LogP contribution in [0.3, 0.4) is 0 Å². The Balaban J connectivity index is 2.40. The van der Waals surface area contributed by atoms with Crippen LogP contribution in [0.15, 0.2) is 24.3 Å². The van der Waals surface area contributed by atoms with E-state index in [1.54, 1.807) is 0 Å². The van der Waals surface area contributed by atoms with Gasteiger partial charge in [-0.3, -0.25) is 0 Å². The fraction of sp³-hybridized carbons (Fsp3) is 0.556. The van der Waals surface area contributed by atoms with E-state index in [0.717, 1.165) is 3.67 Å². The zero-order valence-electron chi connectivity index (χ0n) is 6.96. The summed E-state index contributed by atoms with van der Waals surface area (Å²) in [6, 6.07) is 0. The summed E-state index contributed by atoms with van der Waals surface area (Å²) in [6.45, 7) is 7.11. The van der Waals surface area contributed by atoms with Crippen LogP contribution in [0.5, 0.6) is 0 Å². The first-order valence-electron chi connectivity index (χ1n) is 3.79. The number of hydrogen-bond acceptors (Lipinski definition) is 0. The van der Waals surface area contributed by atoms with Gasteiger partial charge in [-0.1, -0.05) is 0 Å². The Kier molecular flexibility index (Phi) is 2.67. The van der Waals surface area contributed by atoms with Crippen molar-refractivity contribution in [2.45, 2.75) is 27.6 Å². The van der Waals surface area contributed by atoms with Gasteiger partial charge in [-0.15, -0.1) is 0 Å². The van der Waals surface area contributed by atoms with Gasteiger partial charge >= 0.3 is 74.8 Å². The van der Waals surface area contributed by atoms with Gasteiger partial charge in [0.15, 0.2) is 0 Å². The molecule has 1 aliphatic rings. The van der Waals surface area contributed by atoms with Crippen LogP contribution in [0.1, 0.15) is 20.8 Å². The molecule has 1 aliphatic carbocycles. The van der Waals surface area contributed by atoms with E-state index in [-0.39, 0.29) is 0 Å². The summed E-state index contributed by atoms with van der Waals surface area (Å²) in [5.41, 5.74) is 0. The van der Waals surface area contributed by atoms with Crippen molar-refractivity contribution >= 4 is 22.9 Å². The summed E-state index contributed by atoms with van der Waals surface area (Å²) in [5, 5.41) is 0. The average Bonchev–Trinajstić information content (AvgIpc) is 2.12. The normalized spacial score (nSPS) is 18.3. The Labute approximate surface area is 74.8 Å². The van der Waals surface area contributed by atoms with Gasteiger partial charge in [0, 0.05) is 0 Å². The molecule has 0 aromatic rings. The standard InChI is InChI=1S/C5H5.C4H9.In/c1-2-4-5-3-1;1-4(2)3;/h1-5H;1-3H3;. The van der Waals surface area contributed by atoms with E-state index in [4.69, 9.17) is 0 Å². The second kappa shape index (κ2) is 3.17. The molecule has 0 N–H and O–H groups in total. The number of allylic oxidation sites excluding steroid dienone is 4. The van der Waals surface area contributed by atoms with Gasteiger partial charge in [0.1, 0.15) is 0 Å². The van der Waals surface area contributed by atoms with E-state index >= 15 is 0 Å². The maximum absolute atomic E-state index is 2.37. The third-order valence-electron chi connectivity index (χ3n) is 1.47. The molecule has 0 fully saturated rings. The van der Waals surface area contributed by atoms with Crippen molar-refractivity contribution in [3.05, 3.63) is 24.3 Å². The Hall–Kier alpha value is 0.350. The van der Waals surface area contributed by atoms with Crippen molar-refractivity contribution in [2.75, 3.05) is 0 Å². The molecule has 1 heteroatoms. The van der Waals surface area contributed by atoms with Crippen molar-refractivity contribution in [1.82, 2.24) is 0 Å². The molecular formula is C9H14In. The van der Waals surface area contributed by atoms with Crippen molar-refractivity contribution in [2.24, 2.45) is 0 Å². The molecule has 0 saturated heterocycles. The molecular weight excluding hydrogens is 223 g/mol. The molecule has 0 unspecified atom stereocenters. The predicted octanol–water partition coefficient (Wildman–Crippen LogP) is 2.82. The Bertz CT molecular complexity index is 148. The second-order valence-corrected chi connectivity index (χ2v) is 12.0. The van der Waals surface area contributed by atoms with Crippen LogP contribution in [-0.2, 0) is 0 Å². The van der Waals surface area contributed by atoms with Crippen LogP contribution in [0.2, 0.25) is 6.85 Å². The van der Waals surface area contributed by atoms with Gasteiger partial charge in [0.05, 0.1) is 0 Å². The maximum atomic E-state index is 2.37. The van der Waals surface area contributed by atoms with Gasteiger partial charge in [0.2, 0.25) is 0 Å². The molecule has 0 spiro atoms. The summed E-state index contributed by atoms with van der Waals surface area (Å²) in [7, 11) is 0. The first kappa shape index (κ1) is 8.45. The van der Waals surface area contributed by atoms with E-state index in [9.17, 15) is 0 Å². The molecule has 0 aromatic carbocycles. The first-order chi connectivity index (χ1) is 4.58. The molecule has 0 amide bonds. The van der Waals surface area contributed by atoms with Crippen LogP contribution in [0, 0.1) is 0 Å². The van der Waals surface area contributed by atoms with E-state index in [1.165, 1.54) is 0 Å². The molecule has 10 heavy (non-hydrogen) atoms. The fourth-order valence-corrected chi connectivity index (χ4v) is 5.80. The summed E-state index contributed by atoms with van der Waals surface area (Å²) in [5.74, 6) is 0. The van der Waals surface area contributed by atoms with E-state index < -0.39 is 22.9 Å². The third kappa shape index (κ3) is 2.96. The van der Waals surface area contributed by atoms with Gasteiger partial charge in [-0.05, 0) is 0 Å². The molecule has 53 valence electrons. The van der Waals surface area contributed by atoms with Crippen LogP contribution in [-0.4, -0.2) is 22.9 Å². The SMILES string of the molecule is C[C](C)(C)[In][CH]1C=CC=C1. The monoisotopic (exact) mass is 237 g/mol. The van der Waals surface area contributed by atoms with Crippen molar-refractivity contribution < 1.29 is 0 Å². The van der Waals surface area contributed by atoms with Gasteiger partial charge in [-0.2, -0.15) is 0 Å². The molecule has 0 aliphatic heterocycles. The molecule has 0 aromatic heterocycles. The quantitative estimate of drug-likeness (QED) is 0.657. The van der Waals surface area contributed by atoms with Gasteiger partial charge < -0.3 is 0 Å². The molecule has 0 heterocycles. The molecule has 1 radical (unpaired) electrons. The number of rotatable bonds is 1. The van der Waals surface area contributed by atoms with Crippen molar-refractivity contribution in [3.8, 4) is 0 Å². The molecule has 0 atom stereocenters. The second-order valence-electron chi connectivity index (χ2n) is 3.88. The molecule has 0 bridgehead atoms. The van der Waals surface area contributed by atoms with Gasteiger partial charge in [0.25, 0.3) is 0 Å². The van der Waals surface area contributed by atoms with Crippen LogP contribution in [0.25, 0.3) is 0 Å².